The smallest absolute Gasteiger partial charge is 0.306 e. The highest BCUT2D eigenvalue weighted by Crippen LogP contribution is 2.25. The Hall–Kier alpha value is -2.07. The van der Waals surface area contributed by atoms with Crippen molar-refractivity contribution in [1.29, 1.82) is 0 Å². The highest BCUT2D eigenvalue weighted by atomic mass is 16.6. The summed E-state index contributed by atoms with van der Waals surface area (Å²) in [5, 5.41) is 5.55. The number of esters is 1. The summed E-state index contributed by atoms with van der Waals surface area (Å²) in [6.45, 7) is 7.25. The van der Waals surface area contributed by atoms with Gasteiger partial charge in [-0.1, -0.05) is 76.4 Å². The minimum Gasteiger partial charge on any atom is -0.489 e. The minimum absolute atomic E-state index is 0.136. The molecule has 0 amide bonds. The molecule has 27 heavy (non-hydrogen) atoms. The van der Waals surface area contributed by atoms with Crippen LogP contribution < -0.4 is 10.1 Å². The fourth-order valence-electron chi connectivity index (χ4n) is 2.95. The average molecular weight is 372 g/mol. The lowest BCUT2D eigenvalue weighted by Crippen LogP contribution is -2.38. The van der Waals surface area contributed by atoms with Crippen molar-refractivity contribution in [3.8, 4) is 5.75 Å². The first-order chi connectivity index (χ1) is 13.1. The Morgan fingerprint density at radius 1 is 1.04 bits per heavy atom. The van der Waals surface area contributed by atoms with E-state index >= 15 is 0 Å². The predicted molar refractivity (Wildman–Crippen MR) is 111 cm³/mol. The quantitative estimate of drug-likeness (QED) is 0.416. The highest BCUT2D eigenvalue weighted by molar-refractivity contribution is 5.88. The number of fused-ring (bicyclic) bond motifs is 1. The van der Waals surface area contributed by atoms with Gasteiger partial charge >= 0.3 is 5.97 Å². The van der Waals surface area contributed by atoms with Crippen LogP contribution in [0.5, 0.6) is 5.75 Å². The summed E-state index contributed by atoms with van der Waals surface area (Å²) in [5.74, 6) is 0.685. The second-order valence-electron chi connectivity index (χ2n) is 7.27. The third-order valence-electron chi connectivity index (χ3n) is 4.46. The van der Waals surface area contributed by atoms with Crippen molar-refractivity contribution in [2.24, 2.45) is 0 Å². The topological polar surface area (TPSA) is 47.6 Å². The van der Waals surface area contributed by atoms with E-state index in [0.717, 1.165) is 42.2 Å². The number of carbonyl (C=O) groups is 1. The number of benzene rings is 2. The van der Waals surface area contributed by atoms with Crippen molar-refractivity contribution >= 4 is 16.7 Å². The van der Waals surface area contributed by atoms with Gasteiger partial charge in [-0.3, -0.25) is 4.79 Å². The summed E-state index contributed by atoms with van der Waals surface area (Å²) >= 11 is 0. The van der Waals surface area contributed by atoms with Gasteiger partial charge in [-0.05, 0) is 17.9 Å². The molecule has 0 saturated carbocycles. The molecule has 1 unspecified atom stereocenters. The molecule has 148 valence electrons. The molecule has 1 N–H and O–H groups in total. The third kappa shape index (κ3) is 7.59. The number of carbonyl (C=O) groups excluding carboxylic acids is 1. The average Bonchev–Trinajstić information content (AvgIpc) is 2.67. The summed E-state index contributed by atoms with van der Waals surface area (Å²) in [6.07, 6.45) is 4.47. The maximum absolute atomic E-state index is 12.2. The number of nitrogens with one attached hydrogen (secondary N) is 1. The second kappa shape index (κ2) is 11.6. The van der Waals surface area contributed by atoms with Crippen molar-refractivity contribution in [3.63, 3.8) is 0 Å². The van der Waals surface area contributed by atoms with Gasteiger partial charge in [0.2, 0.25) is 0 Å². The molecule has 2 aromatic carbocycles. The largest absolute Gasteiger partial charge is 0.489 e. The van der Waals surface area contributed by atoms with E-state index in [1.54, 1.807) is 0 Å². The zero-order valence-corrected chi connectivity index (χ0v) is 16.9. The number of rotatable bonds is 12. The van der Waals surface area contributed by atoms with Gasteiger partial charge in [0.15, 0.2) is 0 Å². The van der Waals surface area contributed by atoms with Crippen molar-refractivity contribution in [1.82, 2.24) is 5.32 Å². The Balaban J connectivity index is 1.93. The lowest BCUT2D eigenvalue weighted by atomic mass is 10.1. The van der Waals surface area contributed by atoms with Crippen LogP contribution in [0.4, 0.5) is 0 Å². The first-order valence-electron chi connectivity index (χ1n) is 10.1. The zero-order valence-electron chi connectivity index (χ0n) is 16.9. The molecule has 4 nitrogen and oxygen atoms in total. The van der Waals surface area contributed by atoms with E-state index in [0.29, 0.717) is 25.6 Å². The second-order valence-corrected chi connectivity index (χ2v) is 7.27. The molecule has 0 spiro atoms. The summed E-state index contributed by atoms with van der Waals surface area (Å²) in [5.41, 5.74) is 0. The van der Waals surface area contributed by atoms with Crippen molar-refractivity contribution in [2.75, 3.05) is 13.2 Å². The number of ether oxygens (including phenoxy) is 2. The van der Waals surface area contributed by atoms with Crippen LogP contribution in [0.3, 0.4) is 0 Å². The Bertz CT molecular complexity index is 694. The van der Waals surface area contributed by atoms with E-state index in [1.165, 1.54) is 0 Å². The zero-order chi connectivity index (χ0) is 19.5. The van der Waals surface area contributed by atoms with Crippen LogP contribution in [0.1, 0.15) is 52.9 Å². The van der Waals surface area contributed by atoms with E-state index in [-0.39, 0.29) is 12.1 Å². The summed E-state index contributed by atoms with van der Waals surface area (Å²) in [4.78, 5) is 12.2. The highest BCUT2D eigenvalue weighted by Gasteiger charge is 2.16. The van der Waals surface area contributed by atoms with Crippen molar-refractivity contribution < 1.29 is 14.3 Å². The maximum atomic E-state index is 12.2. The van der Waals surface area contributed by atoms with E-state index in [1.807, 2.05) is 30.3 Å². The van der Waals surface area contributed by atoms with Gasteiger partial charge in [0.05, 0.1) is 0 Å². The van der Waals surface area contributed by atoms with E-state index < -0.39 is 0 Å². The van der Waals surface area contributed by atoms with Crippen LogP contribution in [0.15, 0.2) is 42.5 Å². The predicted octanol–water partition coefficient (Wildman–Crippen LogP) is 5.10. The fraction of sp³-hybridized carbons (Fsp3) is 0.522. The van der Waals surface area contributed by atoms with Crippen molar-refractivity contribution in [2.45, 2.75) is 65.0 Å². The molecule has 4 heteroatoms. The normalized spacial score (nSPS) is 12.3. The lowest BCUT2D eigenvalue weighted by molar-refractivity contribution is -0.150. The van der Waals surface area contributed by atoms with Crippen LogP contribution in [0.2, 0.25) is 0 Å². The van der Waals surface area contributed by atoms with Gasteiger partial charge < -0.3 is 14.8 Å². The molecular formula is C23H33NO3. The van der Waals surface area contributed by atoms with E-state index in [9.17, 15) is 4.79 Å². The van der Waals surface area contributed by atoms with Gasteiger partial charge in [0.25, 0.3) is 0 Å². The molecule has 0 aromatic heterocycles. The number of hydrogen-bond donors (Lipinski definition) is 1. The lowest BCUT2D eigenvalue weighted by Gasteiger charge is -2.21. The van der Waals surface area contributed by atoms with Crippen LogP contribution in [0.25, 0.3) is 10.8 Å². The summed E-state index contributed by atoms with van der Waals surface area (Å²) in [7, 11) is 0. The number of hydrogen-bond acceptors (Lipinski definition) is 4. The molecule has 0 aliphatic heterocycles. The van der Waals surface area contributed by atoms with Crippen LogP contribution in [0, 0.1) is 0 Å². The SMILES string of the molecule is CCCCCCC(=O)OC(CNC(C)C)COc1cccc2ccccc12. The molecule has 1 atom stereocenters. The Labute approximate surface area is 163 Å². The summed E-state index contributed by atoms with van der Waals surface area (Å²) in [6, 6.07) is 14.5. The molecule has 0 fully saturated rings. The van der Waals surface area contributed by atoms with Gasteiger partial charge in [0.1, 0.15) is 18.5 Å². The molecule has 0 bridgehead atoms. The minimum atomic E-state index is -0.301. The third-order valence-corrected chi connectivity index (χ3v) is 4.46. The van der Waals surface area contributed by atoms with Gasteiger partial charge in [0, 0.05) is 24.4 Å². The fourth-order valence-corrected chi connectivity index (χ4v) is 2.95. The van der Waals surface area contributed by atoms with Gasteiger partial charge in [-0.25, -0.2) is 0 Å². The van der Waals surface area contributed by atoms with Gasteiger partial charge in [-0.2, -0.15) is 0 Å². The van der Waals surface area contributed by atoms with E-state index in [4.69, 9.17) is 9.47 Å². The van der Waals surface area contributed by atoms with Crippen LogP contribution in [-0.2, 0) is 9.53 Å². The molecule has 0 aliphatic rings. The van der Waals surface area contributed by atoms with Crippen molar-refractivity contribution in [3.05, 3.63) is 42.5 Å². The monoisotopic (exact) mass is 371 g/mol. The maximum Gasteiger partial charge on any atom is 0.306 e. The Kier molecular flexibility index (Phi) is 9.12. The molecule has 0 radical (unpaired) electrons. The Morgan fingerprint density at radius 2 is 1.81 bits per heavy atom. The molecule has 2 rings (SSSR count). The Morgan fingerprint density at radius 3 is 2.59 bits per heavy atom. The molecular weight excluding hydrogens is 338 g/mol. The molecule has 2 aromatic rings. The van der Waals surface area contributed by atoms with E-state index in [2.05, 4.69) is 38.2 Å². The van der Waals surface area contributed by atoms with Gasteiger partial charge in [-0.15, -0.1) is 0 Å². The van der Waals surface area contributed by atoms with Crippen LogP contribution in [-0.4, -0.2) is 31.3 Å². The molecule has 0 saturated heterocycles. The number of unbranched alkanes of at least 4 members (excludes halogenated alkanes) is 3. The molecule has 0 aliphatic carbocycles. The standard InChI is InChI=1S/C23H33NO3/c1-4-5-6-7-15-23(25)27-20(16-24-18(2)3)17-26-22-14-10-12-19-11-8-9-13-21(19)22/h8-14,18,20,24H,4-7,15-17H2,1-3H3. The summed E-state index contributed by atoms with van der Waals surface area (Å²) < 4.78 is 11.7. The first kappa shape index (κ1) is 21.2. The van der Waals surface area contributed by atoms with Crippen LogP contribution >= 0.6 is 0 Å². The molecule has 0 heterocycles. The first-order valence-corrected chi connectivity index (χ1v) is 10.1.